The number of aliphatic hydroxyl groups excluding tert-OH is 2. The highest BCUT2D eigenvalue weighted by atomic mass is 16.3. The zero-order valence-corrected chi connectivity index (χ0v) is 12.3. The predicted octanol–water partition coefficient (Wildman–Crippen LogP) is 2.21. The molecule has 114 valence electrons. The van der Waals surface area contributed by atoms with Crippen LogP contribution in [0.3, 0.4) is 0 Å². The number of amides is 1. The molecule has 4 heteroatoms. The van der Waals surface area contributed by atoms with Crippen LogP contribution in [0.1, 0.15) is 17.2 Å². The van der Waals surface area contributed by atoms with Gasteiger partial charge in [-0.2, -0.15) is 0 Å². The minimum Gasteiger partial charge on any atom is -0.385 e. The summed E-state index contributed by atoms with van der Waals surface area (Å²) in [5, 5.41) is 20.1. The second-order valence-corrected chi connectivity index (χ2v) is 4.98. The smallest absolute Gasteiger partial charge is 0.258 e. The summed E-state index contributed by atoms with van der Waals surface area (Å²) in [6, 6.07) is 18.1. The minimum absolute atomic E-state index is 0.504. The first kappa shape index (κ1) is 15.9. The van der Waals surface area contributed by atoms with Crippen molar-refractivity contribution in [3.63, 3.8) is 0 Å². The van der Waals surface area contributed by atoms with Gasteiger partial charge < -0.3 is 15.1 Å². The van der Waals surface area contributed by atoms with Gasteiger partial charge in [-0.25, -0.2) is 0 Å². The normalized spacial score (nSPS) is 13.8. The fraction of sp³-hybridized carbons (Fsp3) is 0.167. The topological polar surface area (TPSA) is 60.8 Å². The van der Waals surface area contributed by atoms with Crippen LogP contribution in [0, 0.1) is 0 Å². The van der Waals surface area contributed by atoms with Gasteiger partial charge in [0, 0.05) is 13.2 Å². The summed E-state index contributed by atoms with van der Waals surface area (Å²) in [5.74, 6) is -0.566. The van der Waals surface area contributed by atoms with Crippen molar-refractivity contribution < 1.29 is 15.0 Å². The summed E-state index contributed by atoms with van der Waals surface area (Å²) in [4.78, 5) is 13.4. The van der Waals surface area contributed by atoms with E-state index < -0.39 is 18.1 Å². The third kappa shape index (κ3) is 4.04. The van der Waals surface area contributed by atoms with E-state index in [2.05, 4.69) is 0 Å². The van der Waals surface area contributed by atoms with Gasteiger partial charge in [0.2, 0.25) is 0 Å². The molecule has 0 fully saturated rings. The number of carbonyl (C=O) groups is 1. The Kier molecular flexibility index (Phi) is 5.47. The molecule has 4 nitrogen and oxygen atoms in total. The molecular formula is C18H19NO3. The van der Waals surface area contributed by atoms with Crippen LogP contribution < -0.4 is 0 Å². The van der Waals surface area contributed by atoms with Crippen molar-refractivity contribution in [3.05, 3.63) is 78.0 Å². The molecule has 22 heavy (non-hydrogen) atoms. The van der Waals surface area contributed by atoms with Gasteiger partial charge in [0.25, 0.3) is 5.91 Å². The Hall–Kier alpha value is -2.43. The standard InChI is InChI=1S/C18H19NO3/c1-19(13-12-14-8-4-2-5-9-14)18(22)17(21)16(20)15-10-6-3-7-11-15/h2-13,16-17,20-21H,1H3. The third-order valence-electron chi connectivity index (χ3n) is 3.33. The molecule has 2 unspecified atom stereocenters. The fourth-order valence-electron chi connectivity index (χ4n) is 2.01. The summed E-state index contributed by atoms with van der Waals surface area (Å²) in [5.41, 5.74) is 1.45. The summed E-state index contributed by atoms with van der Waals surface area (Å²) in [7, 11) is 1.54. The molecule has 0 saturated carbocycles. The summed E-state index contributed by atoms with van der Waals surface area (Å²) < 4.78 is 0. The maximum atomic E-state index is 12.1. The molecule has 0 aliphatic carbocycles. The van der Waals surface area contributed by atoms with Crippen LogP contribution in [0.4, 0.5) is 0 Å². The van der Waals surface area contributed by atoms with Crippen LogP contribution in [0.25, 0.3) is 6.08 Å². The molecule has 2 atom stereocenters. The van der Waals surface area contributed by atoms with Gasteiger partial charge in [0.05, 0.1) is 0 Å². The number of aliphatic hydroxyl groups is 2. The fourth-order valence-corrected chi connectivity index (χ4v) is 2.01. The molecule has 2 aromatic carbocycles. The number of likely N-dealkylation sites (N-methyl/N-ethyl adjacent to an activating group) is 1. The lowest BCUT2D eigenvalue weighted by molar-refractivity contribution is -0.142. The van der Waals surface area contributed by atoms with Gasteiger partial charge in [-0.15, -0.1) is 0 Å². The molecule has 0 aromatic heterocycles. The van der Waals surface area contributed by atoms with E-state index in [9.17, 15) is 15.0 Å². The molecule has 0 aliphatic rings. The number of hydrogen-bond donors (Lipinski definition) is 2. The van der Waals surface area contributed by atoms with Crippen LogP contribution in [-0.2, 0) is 4.79 Å². The van der Waals surface area contributed by atoms with E-state index in [0.29, 0.717) is 5.56 Å². The lowest BCUT2D eigenvalue weighted by atomic mass is 10.0. The third-order valence-corrected chi connectivity index (χ3v) is 3.33. The quantitative estimate of drug-likeness (QED) is 0.889. The molecular weight excluding hydrogens is 278 g/mol. The van der Waals surface area contributed by atoms with Crippen molar-refractivity contribution in [3.8, 4) is 0 Å². The van der Waals surface area contributed by atoms with E-state index >= 15 is 0 Å². The first-order valence-corrected chi connectivity index (χ1v) is 7.00. The van der Waals surface area contributed by atoms with Crippen LogP contribution in [-0.4, -0.2) is 34.2 Å². The van der Waals surface area contributed by atoms with Crippen molar-refractivity contribution >= 4 is 12.0 Å². The Morgan fingerprint density at radius 1 is 1.00 bits per heavy atom. The molecule has 2 rings (SSSR count). The highest BCUT2D eigenvalue weighted by Crippen LogP contribution is 2.18. The van der Waals surface area contributed by atoms with E-state index in [1.807, 2.05) is 30.3 Å². The molecule has 0 saturated heterocycles. The zero-order valence-electron chi connectivity index (χ0n) is 12.3. The summed E-state index contributed by atoms with van der Waals surface area (Å²) in [6.45, 7) is 0. The van der Waals surface area contributed by atoms with E-state index in [0.717, 1.165) is 5.56 Å². The maximum absolute atomic E-state index is 12.1. The number of rotatable bonds is 5. The number of hydrogen-bond acceptors (Lipinski definition) is 3. The maximum Gasteiger partial charge on any atom is 0.258 e. The molecule has 0 aliphatic heterocycles. The van der Waals surface area contributed by atoms with Crippen LogP contribution in [0.5, 0.6) is 0 Å². The van der Waals surface area contributed by atoms with E-state index in [4.69, 9.17) is 0 Å². The Labute approximate surface area is 129 Å². The van der Waals surface area contributed by atoms with Gasteiger partial charge in [-0.05, 0) is 17.2 Å². The average Bonchev–Trinajstić information content (AvgIpc) is 2.59. The number of benzene rings is 2. The Bertz CT molecular complexity index is 625. The molecule has 1 amide bonds. The van der Waals surface area contributed by atoms with Crippen molar-refractivity contribution in [2.45, 2.75) is 12.2 Å². The average molecular weight is 297 g/mol. The summed E-state index contributed by atoms with van der Waals surface area (Å²) >= 11 is 0. The SMILES string of the molecule is CN(C=Cc1ccccc1)C(=O)C(O)C(O)c1ccccc1. The van der Waals surface area contributed by atoms with Gasteiger partial charge in [0.1, 0.15) is 6.10 Å². The molecule has 0 radical (unpaired) electrons. The highest BCUT2D eigenvalue weighted by molar-refractivity contribution is 5.82. The van der Waals surface area contributed by atoms with Crippen molar-refractivity contribution in [1.29, 1.82) is 0 Å². The Morgan fingerprint density at radius 2 is 1.55 bits per heavy atom. The molecule has 2 N–H and O–H groups in total. The van der Waals surface area contributed by atoms with Crippen molar-refractivity contribution in [1.82, 2.24) is 4.90 Å². The lowest BCUT2D eigenvalue weighted by Gasteiger charge is -2.21. The van der Waals surface area contributed by atoms with E-state index in [-0.39, 0.29) is 0 Å². The minimum atomic E-state index is -1.51. The van der Waals surface area contributed by atoms with E-state index in [1.54, 1.807) is 49.7 Å². The second-order valence-electron chi connectivity index (χ2n) is 4.98. The Morgan fingerprint density at radius 3 is 2.14 bits per heavy atom. The predicted molar refractivity (Wildman–Crippen MR) is 85.7 cm³/mol. The highest BCUT2D eigenvalue weighted by Gasteiger charge is 2.27. The van der Waals surface area contributed by atoms with Crippen LogP contribution >= 0.6 is 0 Å². The van der Waals surface area contributed by atoms with Crippen LogP contribution in [0.15, 0.2) is 66.9 Å². The molecule has 0 heterocycles. The zero-order chi connectivity index (χ0) is 15.9. The largest absolute Gasteiger partial charge is 0.385 e. The first-order chi connectivity index (χ1) is 10.6. The van der Waals surface area contributed by atoms with Crippen LogP contribution in [0.2, 0.25) is 0 Å². The van der Waals surface area contributed by atoms with E-state index in [1.165, 1.54) is 4.90 Å². The van der Waals surface area contributed by atoms with Crippen molar-refractivity contribution in [2.75, 3.05) is 7.05 Å². The second kappa shape index (κ2) is 7.54. The van der Waals surface area contributed by atoms with Gasteiger partial charge in [-0.1, -0.05) is 60.7 Å². The lowest BCUT2D eigenvalue weighted by Crippen LogP contribution is -2.37. The van der Waals surface area contributed by atoms with Crippen molar-refractivity contribution in [2.24, 2.45) is 0 Å². The molecule has 2 aromatic rings. The molecule has 0 spiro atoms. The number of carbonyl (C=O) groups excluding carboxylic acids is 1. The molecule has 0 bridgehead atoms. The summed E-state index contributed by atoms with van der Waals surface area (Å²) in [6.07, 6.45) is 0.576. The van der Waals surface area contributed by atoms with Gasteiger partial charge in [-0.3, -0.25) is 4.79 Å². The first-order valence-electron chi connectivity index (χ1n) is 7.00. The number of nitrogens with zero attached hydrogens (tertiary/aromatic N) is 1. The Balaban J connectivity index is 2.02. The van der Waals surface area contributed by atoms with Gasteiger partial charge >= 0.3 is 0 Å². The van der Waals surface area contributed by atoms with Gasteiger partial charge in [0.15, 0.2) is 6.10 Å². The monoisotopic (exact) mass is 297 g/mol.